The lowest BCUT2D eigenvalue weighted by Gasteiger charge is -2.35. The van der Waals surface area contributed by atoms with E-state index in [1.807, 2.05) is 26.0 Å². The Morgan fingerprint density at radius 3 is 2.49 bits per heavy atom. The standard InChI is InChI=1S/C35H47F2N5O5/c1-24(26-9-8-10-28(21-26)35(36,37)27-11-13-42(14-12-27)34(44)45)38-33-30-22-31(41-15-19-46-20-16-41)32(23-29(30)25(2)39-40-33)47-18-7-5-3-4-6-17-43/h8-10,21-24,27,43H,3-7,11-20H2,1-2H3,(H,38,40)(H,44,45). The van der Waals surface area contributed by atoms with Crippen molar-refractivity contribution in [2.24, 2.45) is 5.92 Å². The number of anilines is 2. The summed E-state index contributed by atoms with van der Waals surface area (Å²) in [7, 11) is 0. The van der Waals surface area contributed by atoms with Crippen molar-refractivity contribution in [2.75, 3.05) is 62.8 Å². The van der Waals surface area contributed by atoms with E-state index in [1.165, 1.54) is 11.0 Å². The molecule has 1 unspecified atom stereocenters. The third-order valence-corrected chi connectivity index (χ3v) is 9.36. The van der Waals surface area contributed by atoms with Crippen LogP contribution >= 0.6 is 0 Å². The number of benzene rings is 2. The summed E-state index contributed by atoms with van der Waals surface area (Å²) in [5.74, 6) is -2.67. The number of carbonyl (C=O) groups is 1. The fraction of sp³-hybridized carbons (Fsp3) is 0.571. The number of piperidine rings is 1. The molecule has 5 rings (SSSR count). The second-order valence-corrected chi connectivity index (χ2v) is 12.6. The molecule has 3 aromatic rings. The summed E-state index contributed by atoms with van der Waals surface area (Å²) in [6.07, 6.45) is 4.02. The number of aryl methyl sites for hydroxylation is 1. The molecule has 1 aromatic heterocycles. The summed E-state index contributed by atoms with van der Waals surface area (Å²) in [5.41, 5.74) is 2.34. The predicted molar refractivity (Wildman–Crippen MR) is 178 cm³/mol. The predicted octanol–water partition coefficient (Wildman–Crippen LogP) is 6.75. The van der Waals surface area contributed by atoms with Gasteiger partial charge in [-0.3, -0.25) is 0 Å². The van der Waals surface area contributed by atoms with Crippen molar-refractivity contribution in [2.45, 2.75) is 70.8 Å². The molecular formula is C35H47F2N5O5. The Balaban J connectivity index is 1.36. The molecule has 10 nitrogen and oxygen atoms in total. The number of fused-ring (bicyclic) bond motifs is 1. The van der Waals surface area contributed by atoms with Gasteiger partial charge in [-0.2, -0.15) is 5.10 Å². The van der Waals surface area contributed by atoms with Gasteiger partial charge in [0.15, 0.2) is 5.82 Å². The van der Waals surface area contributed by atoms with Crippen LogP contribution < -0.4 is 15.0 Å². The van der Waals surface area contributed by atoms with Gasteiger partial charge in [0, 0.05) is 55.0 Å². The van der Waals surface area contributed by atoms with Gasteiger partial charge in [0.05, 0.1) is 37.2 Å². The minimum absolute atomic E-state index is 0.0675. The van der Waals surface area contributed by atoms with Gasteiger partial charge in [0.25, 0.3) is 5.92 Å². The van der Waals surface area contributed by atoms with Crippen LogP contribution in [0.5, 0.6) is 5.75 Å². The van der Waals surface area contributed by atoms with E-state index in [0.717, 1.165) is 73.1 Å². The van der Waals surface area contributed by atoms with Crippen LogP contribution in [0.1, 0.15) is 74.7 Å². The zero-order valence-corrected chi connectivity index (χ0v) is 27.4. The van der Waals surface area contributed by atoms with Gasteiger partial charge in [-0.1, -0.05) is 37.5 Å². The average Bonchev–Trinajstić information content (AvgIpc) is 3.09. The molecule has 0 aliphatic carbocycles. The molecule has 1 amide bonds. The molecule has 2 fully saturated rings. The number of alkyl halides is 2. The summed E-state index contributed by atoms with van der Waals surface area (Å²) in [6.45, 7) is 7.57. The summed E-state index contributed by atoms with van der Waals surface area (Å²) in [5, 5.41) is 32.4. The van der Waals surface area contributed by atoms with Crippen LogP contribution in [-0.4, -0.2) is 84.0 Å². The van der Waals surface area contributed by atoms with Gasteiger partial charge >= 0.3 is 6.09 Å². The third kappa shape index (κ3) is 8.39. The van der Waals surface area contributed by atoms with E-state index in [-0.39, 0.29) is 44.1 Å². The number of aliphatic hydroxyl groups excluding tert-OH is 1. The second kappa shape index (κ2) is 15.9. The van der Waals surface area contributed by atoms with E-state index in [2.05, 4.69) is 26.5 Å². The van der Waals surface area contributed by atoms with Gasteiger partial charge in [-0.25, -0.2) is 13.6 Å². The molecule has 3 N–H and O–H groups in total. The lowest BCUT2D eigenvalue weighted by Crippen LogP contribution is -2.41. The normalized spacial score (nSPS) is 16.8. The monoisotopic (exact) mass is 655 g/mol. The largest absolute Gasteiger partial charge is 0.491 e. The summed E-state index contributed by atoms with van der Waals surface area (Å²) in [6, 6.07) is 10.2. The zero-order valence-electron chi connectivity index (χ0n) is 27.4. The molecule has 12 heteroatoms. The average molecular weight is 656 g/mol. The van der Waals surface area contributed by atoms with Gasteiger partial charge < -0.3 is 34.8 Å². The molecule has 0 radical (unpaired) electrons. The molecule has 3 heterocycles. The Bertz CT molecular complexity index is 1490. The number of amides is 1. The number of nitrogens with zero attached hydrogens (tertiary/aromatic N) is 4. The molecule has 2 aromatic carbocycles. The fourth-order valence-electron chi connectivity index (χ4n) is 6.47. The lowest BCUT2D eigenvalue weighted by atomic mass is 9.85. The van der Waals surface area contributed by atoms with Crippen molar-refractivity contribution in [3.05, 3.63) is 53.2 Å². The fourth-order valence-corrected chi connectivity index (χ4v) is 6.47. The molecule has 2 saturated heterocycles. The molecule has 256 valence electrons. The topological polar surface area (TPSA) is 120 Å². The molecule has 0 spiro atoms. The van der Waals surface area contributed by atoms with Gasteiger partial charge in [0.2, 0.25) is 0 Å². The highest BCUT2D eigenvalue weighted by Crippen LogP contribution is 2.43. The SMILES string of the molecule is Cc1nnc(NC(C)c2cccc(C(F)(F)C3CCN(C(=O)O)CC3)c2)c2cc(N3CCOCC3)c(OCCCCCCCO)cc12. The van der Waals surface area contributed by atoms with E-state index < -0.39 is 17.9 Å². The number of aromatic nitrogens is 2. The highest BCUT2D eigenvalue weighted by atomic mass is 19.3. The van der Waals surface area contributed by atoms with Crippen LogP contribution in [0.25, 0.3) is 10.8 Å². The maximum Gasteiger partial charge on any atom is 0.407 e. The molecule has 47 heavy (non-hydrogen) atoms. The van der Waals surface area contributed by atoms with Gasteiger partial charge in [0.1, 0.15) is 5.75 Å². The van der Waals surface area contributed by atoms with Gasteiger partial charge in [-0.15, -0.1) is 5.10 Å². The second-order valence-electron chi connectivity index (χ2n) is 12.6. The Labute approximate surface area is 275 Å². The van der Waals surface area contributed by atoms with Crippen molar-refractivity contribution in [1.82, 2.24) is 15.1 Å². The summed E-state index contributed by atoms with van der Waals surface area (Å²) < 4.78 is 43.3. The van der Waals surface area contributed by atoms with E-state index in [1.54, 1.807) is 12.1 Å². The highest BCUT2D eigenvalue weighted by molar-refractivity contribution is 5.97. The number of aliphatic hydroxyl groups is 1. The number of morpholine rings is 1. The molecule has 0 bridgehead atoms. The minimum Gasteiger partial charge on any atom is -0.491 e. The number of halogens is 2. The first-order chi connectivity index (χ1) is 22.7. The van der Waals surface area contributed by atoms with Crippen LogP contribution in [0, 0.1) is 12.8 Å². The van der Waals surface area contributed by atoms with Gasteiger partial charge in [-0.05, 0) is 63.3 Å². The Kier molecular flexibility index (Phi) is 11.7. The molecule has 2 aliphatic heterocycles. The number of hydrogen-bond acceptors (Lipinski definition) is 8. The van der Waals surface area contributed by atoms with Crippen molar-refractivity contribution in [3.63, 3.8) is 0 Å². The van der Waals surface area contributed by atoms with Crippen LogP contribution in [0.3, 0.4) is 0 Å². The number of unbranched alkanes of at least 4 members (excludes halogenated alkanes) is 4. The zero-order chi connectivity index (χ0) is 33.4. The first-order valence-corrected chi connectivity index (χ1v) is 16.8. The number of nitrogens with one attached hydrogen (secondary N) is 1. The molecular weight excluding hydrogens is 608 g/mol. The van der Waals surface area contributed by atoms with E-state index in [9.17, 15) is 9.90 Å². The number of likely N-dealkylation sites (tertiary alicyclic amines) is 1. The molecule has 0 saturated carbocycles. The van der Waals surface area contributed by atoms with E-state index in [0.29, 0.717) is 31.2 Å². The van der Waals surface area contributed by atoms with Crippen molar-refractivity contribution in [3.8, 4) is 5.75 Å². The smallest absolute Gasteiger partial charge is 0.407 e. The maximum absolute atomic E-state index is 15.7. The number of hydrogen-bond donors (Lipinski definition) is 3. The highest BCUT2D eigenvalue weighted by Gasteiger charge is 2.43. The first-order valence-electron chi connectivity index (χ1n) is 16.8. The first kappa shape index (κ1) is 34.6. The Morgan fingerprint density at radius 2 is 1.77 bits per heavy atom. The maximum atomic E-state index is 15.7. The van der Waals surface area contributed by atoms with Crippen LogP contribution in [0.15, 0.2) is 36.4 Å². The van der Waals surface area contributed by atoms with E-state index in [4.69, 9.17) is 14.6 Å². The third-order valence-electron chi connectivity index (χ3n) is 9.36. The number of ether oxygens (including phenoxy) is 2. The Hall–Kier alpha value is -3.77. The Morgan fingerprint density at radius 1 is 1.04 bits per heavy atom. The minimum atomic E-state index is -3.08. The molecule has 1 atom stereocenters. The lowest BCUT2D eigenvalue weighted by molar-refractivity contribution is -0.0836. The molecule has 2 aliphatic rings. The van der Waals surface area contributed by atoms with Crippen LogP contribution in [-0.2, 0) is 10.7 Å². The van der Waals surface area contributed by atoms with Crippen LogP contribution in [0.4, 0.5) is 25.1 Å². The summed E-state index contributed by atoms with van der Waals surface area (Å²) in [4.78, 5) is 14.7. The number of carboxylic acid groups (broad SMARTS) is 1. The van der Waals surface area contributed by atoms with Crippen molar-refractivity contribution in [1.29, 1.82) is 0 Å². The number of rotatable bonds is 14. The van der Waals surface area contributed by atoms with Crippen LogP contribution in [0.2, 0.25) is 0 Å². The van der Waals surface area contributed by atoms with Crippen molar-refractivity contribution < 1.29 is 33.3 Å². The quantitative estimate of drug-likeness (QED) is 0.162. The van der Waals surface area contributed by atoms with Crippen molar-refractivity contribution >= 4 is 28.4 Å². The summed E-state index contributed by atoms with van der Waals surface area (Å²) >= 11 is 0. The van der Waals surface area contributed by atoms with E-state index >= 15 is 8.78 Å².